The molecule has 0 radical (unpaired) electrons. The van der Waals surface area contributed by atoms with Gasteiger partial charge in [-0.2, -0.15) is 18.3 Å². The molecule has 3 aromatic rings. The van der Waals surface area contributed by atoms with Gasteiger partial charge in [-0.25, -0.2) is 4.79 Å². The number of anilines is 1. The summed E-state index contributed by atoms with van der Waals surface area (Å²) in [5, 5.41) is 10.5. The van der Waals surface area contributed by atoms with Gasteiger partial charge in [0.1, 0.15) is 5.00 Å². The predicted molar refractivity (Wildman–Crippen MR) is 126 cm³/mol. The Hall–Kier alpha value is -2.92. The van der Waals surface area contributed by atoms with Crippen LogP contribution in [0.5, 0.6) is 0 Å². The normalized spacial score (nSPS) is 11.3. The van der Waals surface area contributed by atoms with Crippen molar-refractivity contribution in [3.05, 3.63) is 69.9 Å². The lowest BCUT2D eigenvalue weighted by molar-refractivity contribution is -0.141. The van der Waals surface area contributed by atoms with E-state index in [-0.39, 0.29) is 0 Å². The summed E-state index contributed by atoms with van der Waals surface area (Å²) >= 11 is 6.74. The third kappa shape index (κ3) is 6.78. The van der Waals surface area contributed by atoms with Crippen LogP contribution in [0.4, 0.5) is 18.2 Å². The monoisotopic (exact) mass is 496 g/mol. The van der Waals surface area contributed by atoms with E-state index in [0.29, 0.717) is 47.3 Å². The van der Waals surface area contributed by atoms with Gasteiger partial charge in [-0.3, -0.25) is 4.68 Å². The fourth-order valence-electron chi connectivity index (χ4n) is 3.13. The number of ether oxygens (including phenoxy) is 1. The maximum absolute atomic E-state index is 12.8. The van der Waals surface area contributed by atoms with Crippen molar-refractivity contribution in [1.82, 2.24) is 15.1 Å². The molecule has 2 aromatic heterocycles. The molecule has 33 heavy (non-hydrogen) atoms. The quantitative estimate of drug-likeness (QED) is 0.259. The largest absolute Gasteiger partial charge is 0.465 e. The van der Waals surface area contributed by atoms with Crippen molar-refractivity contribution in [2.45, 2.75) is 32.5 Å². The number of carbonyl (C=O) groups excluding carboxylic acids is 1. The SMILES string of the molecule is COC(=O)c1cc(Cc2ccccc2)sc1NC(=S)NCCCn1nc(C(F)(F)F)cc1C. The molecule has 1 aromatic carbocycles. The van der Waals surface area contributed by atoms with E-state index in [0.717, 1.165) is 16.5 Å². The number of hydrogen-bond donors (Lipinski definition) is 2. The van der Waals surface area contributed by atoms with Crippen molar-refractivity contribution in [1.29, 1.82) is 0 Å². The van der Waals surface area contributed by atoms with Crippen molar-refractivity contribution < 1.29 is 22.7 Å². The van der Waals surface area contributed by atoms with Crippen molar-refractivity contribution in [2.75, 3.05) is 19.0 Å². The van der Waals surface area contributed by atoms with E-state index in [2.05, 4.69) is 15.7 Å². The highest BCUT2D eigenvalue weighted by atomic mass is 32.1. The Morgan fingerprint density at radius 1 is 1.24 bits per heavy atom. The molecule has 0 aliphatic rings. The molecule has 11 heteroatoms. The van der Waals surface area contributed by atoms with E-state index in [1.54, 1.807) is 13.0 Å². The van der Waals surface area contributed by atoms with Crippen LogP contribution >= 0.6 is 23.6 Å². The molecule has 3 rings (SSSR count). The number of thiophene rings is 1. The minimum Gasteiger partial charge on any atom is -0.465 e. The number of nitrogens with one attached hydrogen (secondary N) is 2. The minimum atomic E-state index is -4.46. The topological polar surface area (TPSA) is 68.2 Å². The van der Waals surface area contributed by atoms with Crippen LogP contribution in [0.3, 0.4) is 0 Å². The molecular weight excluding hydrogens is 473 g/mol. The molecule has 0 aliphatic heterocycles. The zero-order chi connectivity index (χ0) is 24.0. The molecule has 6 nitrogen and oxygen atoms in total. The summed E-state index contributed by atoms with van der Waals surface area (Å²) < 4.78 is 44.5. The van der Waals surface area contributed by atoms with Gasteiger partial charge >= 0.3 is 12.1 Å². The number of aromatic nitrogens is 2. The summed E-state index contributed by atoms with van der Waals surface area (Å²) in [6.07, 6.45) is -3.28. The summed E-state index contributed by atoms with van der Waals surface area (Å²) in [4.78, 5) is 13.2. The van der Waals surface area contributed by atoms with Crippen LogP contribution in [0, 0.1) is 6.92 Å². The second-order valence-electron chi connectivity index (χ2n) is 7.24. The number of methoxy groups -OCH3 is 1. The zero-order valence-corrected chi connectivity index (χ0v) is 19.7. The number of hydrogen-bond acceptors (Lipinski definition) is 5. The Morgan fingerprint density at radius 2 is 1.97 bits per heavy atom. The molecule has 2 N–H and O–H groups in total. The average Bonchev–Trinajstić information content (AvgIpc) is 3.34. The van der Waals surface area contributed by atoms with Crippen LogP contribution in [0.25, 0.3) is 0 Å². The van der Waals surface area contributed by atoms with E-state index < -0.39 is 17.8 Å². The van der Waals surface area contributed by atoms with Crippen LogP contribution in [0.1, 0.15) is 38.6 Å². The third-order valence-corrected chi connectivity index (χ3v) is 6.04. The molecule has 0 amide bonds. The molecule has 2 heterocycles. The molecule has 0 atom stereocenters. The highest BCUT2D eigenvalue weighted by Gasteiger charge is 2.34. The summed E-state index contributed by atoms with van der Waals surface area (Å²) in [7, 11) is 1.32. The van der Waals surface area contributed by atoms with Crippen LogP contribution < -0.4 is 10.6 Å². The number of halogens is 3. The number of benzene rings is 1. The van der Waals surface area contributed by atoms with Gasteiger partial charge in [0, 0.05) is 30.1 Å². The molecule has 0 bridgehead atoms. The molecule has 0 saturated carbocycles. The first-order valence-electron chi connectivity index (χ1n) is 10.1. The van der Waals surface area contributed by atoms with E-state index in [4.69, 9.17) is 17.0 Å². The standard InChI is InChI=1S/C22H23F3N4O2S2/c1-14-11-18(22(23,24)25)28-29(14)10-6-9-26-21(32)27-19-17(20(30)31-2)13-16(33-19)12-15-7-4-3-5-8-15/h3-5,7-8,11,13H,6,9-10,12H2,1-2H3,(H2,26,27,32). The molecular formula is C22H23F3N4O2S2. The Bertz CT molecular complexity index is 1110. The van der Waals surface area contributed by atoms with Gasteiger partial charge in [-0.05, 0) is 43.3 Å². The van der Waals surface area contributed by atoms with Crippen LogP contribution in [0.2, 0.25) is 0 Å². The van der Waals surface area contributed by atoms with Crippen molar-refractivity contribution >= 4 is 39.6 Å². The maximum Gasteiger partial charge on any atom is 0.435 e. The predicted octanol–water partition coefficient (Wildman–Crippen LogP) is 5.03. The summed E-state index contributed by atoms with van der Waals surface area (Å²) in [5.74, 6) is -0.467. The molecule has 0 saturated heterocycles. The Labute approximate surface area is 198 Å². The van der Waals surface area contributed by atoms with Gasteiger partial charge in [0.2, 0.25) is 0 Å². The Morgan fingerprint density at radius 3 is 2.61 bits per heavy atom. The summed E-state index contributed by atoms with van der Waals surface area (Å²) in [5.41, 5.74) is 1.05. The minimum absolute atomic E-state index is 0.307. The first kappa shape index (κ1) is 24.7. The second kappa shape index (κ2) is 10.8. The van der Waals surface area contributed by atoms with E-state index in [9.17, 15) is 18.0 Å². The number of rotatable bonds is 8. The van der Waals surface area contributed by atoms with Crippen LogP contribution in [0.15, 0.2) is 42.5 Å². The van der Waals surface area contributed by atoms with Crippen molar-refractivity contribution in [2.24, 2.45) is 0 Å². The highest BCUT2D eigenvalue weighted by molar-refractivity contribution is 7.80. The summed E-state index contributed by atoms with van der Waals surface area (Å²) in [6, 6.07) is 12.7. The van der Waals surface area contributed by atoms with Crippen LogP contribution in [-0.2, 0) is 23.9 Å². The van der Waals surface area contributed by atoms with Crippen molar-refractivity contribution in [3.8, 4) is 0 Å². The lowest BCUT2D eigenvalue weighted by Crippen LogP contribution is -2.30. The van der Waals surface area contributed by atoms with E-state index in [1.807, 2.05) is 30.3 Å². The Kier molecular flexibility index (Phi) is 8.09. The first-order chi connectivity index (χ1) is 15.7. The fourth-order valence-corrected chi connectivity index (χ4v) is 4.49. The highest BCUT2D eigenvalue weighted by Crippen LogP contribution is 2.31. The van der Waals surface area contributed by atoms with E-state index in [1.165, 1.54) is 23.1 Å². The number of alkyl halides is 3. The molecule has 0 spiro atoms. The molecule has 0 fully saturated rings. The average molecular weight is 497 g/mol. The van der Waals surface area contributed by atoms with Gasteiger partial charge in [0.05, 0.1) is 12.7 Å². The maximum atomic E-state index is 12.8. The third-order valence-electron chi connectivity index (χ3n) is 4.74. The van der Waals surface area contributed by atoms with E-state index >= 15 is 0 Å². The molecule has 0 unspecified atom stereocenters. The van der Waals surface area contributed by atoms with Crippen molar-refractivity contribution in [3.63, 3.8) is 0 Å². The van der Waals surface area contributed by atoms with Gasteiger partial charge in [-0.1, -0.05) is 30.3 Å². The number of aryl methyl sites for hydroxylation is 2. The number of esters is 1. The zero-order valence-electron chi connectivity index (χ0n) is 18.0. The van der Waals surface area contributed by atoms with Gasteiger partial charge in [-0.15, -0.1) is 11.3 Å². The lowest BCUT2D eigenvalue weighted by Gasteiger charge is -2.11. The lowest BCUT2D eigenvalue weighted by atomic mass is 10.1. The number of thiocarbonyl (C=S) groups is 1. The Balaban J connectivity index is 1.56. The second-order valence-corrected chi connectivity index (χ2v) is 8.78. The smallest absolute Gasteiger partial charge is 0.435 e. The van der Waals surface area contributed by atoms with Gasteiger partial charge < -0.3 is 15.4 Å². The first-order valence-corrected chi connectivity index (χ1v) is 11.3. The fraction of sp³-hybridized carbons (Fsp3) is 0.318. The molecule has 176 valence electrons. The molecule has 0 aliphatic carbocycles. The van der Waals surface area contributed by atoms with Gasteiger partial charge in [0.25, 0.3) is 0 Å². The summed E-state index contributed by atoms with van der Waals surface area (Å²) in [6.45, 7) is 2.31. The van der Waals surface area contributed by atoms with Crippen LogP contribution in [-0.4, -0.2) is 34.5 Å². The number of carbonyl (C=O) groups is 1. The number of nitrogens with zero attached hydrogens (tertiary/aromatic N) is 2. The van der Waals surface area contributed by atoms with Gasteiger partial charge in [0.15, 0.2) is 10.8 Å².